The van der Waals surface area contributed by atoms with Crippen LogP contribution in [0.4, 0.5) is 0 Å². The summed E-state index contributed by atoms with van der Waals surface area (Å²) in [5.41, 5.74) is 0. The summed E-state index contributed by atoms with van der Waals surface area (Å²) in [5.74, 6) is 0. The van der Waals surface area contributed by atoms with Crippen LogP contribution in [0.25, 0.3) is 0 Å². The molecule has 0 aliphatic rings. The lowest BCUT2D eigenvalue weighted by atomic mass is 11.2. The van der Waals surface area contributed by atoms with Gasteiger partial charge >= 0.3 is 0 Å². The van der Waals surface area contributed by atoms with Crippen LogP contribution in [-0.2, 0) is 0 Å². The van der Waals surface area contributed by atoms with E-state index in [1.807, 2.05) is 0 Å². The van der Waals surface area contributed by atoms with E-state index in [4.69, 9.17) is 9.11 Å². The molecule has 34 valence electrons. The monoisotopic (exact) mass is 104 g/mol. The molecule has 0 aromatic heterocycles. The molecule has 0 radical (unpaired) electrons. The second-order valence-corrected chi connectivity index (χ2v) is 2.00. The first kappa shape index (κ1) is 4.05. The highest BCUT2D eigenvalue weighted by molar-refractivity contribution is 7.98. The van der Waals surface area contributed by atoms with Gasteiger partial charge in [-0.3, -0.25) is 0 Å². The van der Waals surface area contributed by atoms with Gasteiger partial charge in [0.2, 0.25) is 0 Å². The normalized spacial score (nSPS) is 11.2. The molecular formula is C3H4O2S. The Morgan fingerprint density at radius 2 is 1.83 bits per heavy atom. The predicted molar refractivity (Wildman–Crippen MR) is 24.9 cm³/mol. The lowest BCUT2D eigenvalue weighted by Crippen LogP contribution is -1.49. The molecule has 0 saturated heterocycles. The molecule has 0 aliphatic heterocycles. The molecule has 0 atom stereocenters. The Hall–Kier alpha value is -0.120. The highest BCUT2D eigenvalue weighted by atomic mass is 32.2. The zero-order valence-corrected chi connectivity index (χ0v) is 3.77. The molecule has 0 fully saturated rings. The largest absolute Gasteiger partial charge is 0.314 e. The molecule has 1 aromatic carbocycles. The Balaban J connectivity index is 3.02. The van der Waals surface area contributed by atoms with Crippen molar-refractivity contribution < 1.29 is 9.11 Å². The van der Waals surface area contributed by atoms with Gasteiger partial charge in [-0.1, -0.05) is 0 Å². The molecule has 0 unspecified atom stereocenters. The highest BCUT2D eigenvalue weighted by Gasteiger charge is 1.86. The first-order chi connectivity index (χ1) is 2.80. The van der Waals surface area contributed by atoms with Gasteiger partial charge in [0.05, 0.1) is 11.0 Å². The van der Waals surface area contributed by atoms with Crippen LogP contribution in [0.1, 0.15) is 0 Å². The van der Waals surface area contributed by atoms with Crippen LogP contribution in [0.3, 0.4) is 0 Å². The topological polar surface area (TPSA) is 40.5 Å². The maximum absolute atomic E-state index is 8.18. The summed E-state index contributed by atoms with van der Waals surface area (Å²) in [5, 5.41) is 0. The summed E-state index contributed by atoms with van der Waals surface area (Å²) in [4.78, 5) is 0. The van der Waals surface area contributed by atoms with Crippen LogP contribution in [0.5, 0.6) is 0 Å². The van der Waals surface area contributed by atoms with Gasteiger partial charge in [-0.05, 0) is 12.1 Å². The zero-order chi connectivity index (χ0) is 4.57. The van der Waals surface area contributed by atoms with Crippen molar-refractivity contribution in [3.8, 4) is 0 Å². The van der Waals surface area contributed by atoms with E-state index in [-0.39, 0.29) is 0 Å². The van der Waals surface area contributed by atoms with Gasteiger partial charge in [0, 0.05) is 4.51 Å². The van der Waals surface area contributed by atoms with Gasteiger partial charge in [-0.2, -0.15) is 0 Å². The fourth-order valence-corrected chi connectivity index (χ4v) is 0.467. The van der Waals surface area contributed by atoms with Crippen molar-refractivity contribution in [2.75, 3.05) is 0 Å². The Morgan fingerprint density at radius 1 is 1.33 bits per heavy atom. The fourth-order valence-electron chi connectivity index (χ4n) is 0.156. The minimum Gasteiger partial charge on any atom is -0.314 e. The molecule has 6 heavy (non-hydrogen) atoms. The van der Waals surface area contributed by atoms with Crippen molar-refractivity contribution in [2.24, 2.45) is 0 Å². The van der Waals surface area contributed by atoms with Gasteiger partial charge in [0.15, 0.2) is 0 Å². The van der Waals surface area contributed by atoms with E-state index >= 15 is 0 Å². The Morgan fingerprint density at radius 3 is 1.83 bits per heavy atom. The third-order valence-corrected chi connectivity index (χ3v) is 1.21. The average Bonchev–Trinajstić information content (AvgIpc) is 2.06. The SMILES string of the molecule is OS(O)=c1cc1. The molecule has 0 amide bonds. The first-order valence-electron chi connectivity index (χ1n) is 1.48. The maximum atomic E-state index is 8.18. The summed E-state index contributed by atoms with van der Waals surface area (Å²) < 4.78 is 17.0. The highest BCUT2D eigenvalue weighted by Crippen LogP contribution is 2.10. The zero-order valence-electron chi connectivity index (χ0n) is 2.96. The quantitative estimate of drug-likeness (QED) is 0.487. The van der Waals surface area contributed by atoms with Crippen LogP contribution in [0, 0.1) is 4.51 Å². The Labute approximate surface area is 37.7 Å². The van der Waals surface area contributed by atoms with Crippen molar-refractivity contribution in [1.29, 1.82) is 0 Å². The van der Waals surface area contributed by atoms with Crippen LogP contribution in [0.2, 0.25) is 0 Å². The van der Waals surface area contributed by atoms with E-state index < -0.39 is 11.0 Å². The molecule has 1 aromatic rings. The number of hydrogen-bond acceptors (Lipinski definition) is 2. The van der Waals surface area contributed by atoms with E-state index in [0.29, 0.717) is 4.51 Å². The lowest BCUT2D eigenvalue weighted by Gasteiger charge is -1.73. The minimum atomic E-state index is -1.45. The number of rotatable bonds is 0. The summed E-state index contributed by atoms with van der Waals surface area (Å²) in [7, 11) is 0. The van der Waals surface area contributed by atoms with Gasteiger partial charge in [-0.15, -0.1) is 0 Å². The van der Waals surface area contributed by atoms with Crippen molar-refractivity contribution >= 4 is 11.0 Å². The molecule has 0 spiro atoms. The van der Waals surface area contributed by atoms with Crippen molar-refractivity contribution in [3.05, 3.63) is 16.6 Å². The van der Waals surface area contributed by atoms with Crippen molar-refractivity contribution in [3.63, 3.8) is 0 Å². The van der Waals surface area contributed by atoms with E-state index in [9.17, 15) is 0 Å². The first-order valence-corrected chi connectivity index (χ1v) is 2.62. The summed E-state index contributed by atoms with van der Waals surface area (Å²) in [6.45, 7) is 0. The van der Waals surface area contributed by atoms with Crippen LogP contribution in [-0.4, -0.2) is 9.11 Å². The molecule has 3 heteroatoms. The van der Waals surface area contributed by atoms with Crippen molar-refractivity contribution in [1.82, 2.24) is 0 Å². The van der Waals surface area contributed by atoms with Crippen molar-refractivity contribution in [2.45, 2.75) is 0 Å². The molecule has 1 rings (SSSR count). The minimum absolute atomic E-state index is 0.648. The summed E-state index contributed by atoms with van der Waals surface area (Å²) in [6.07, 6.45) is 0. The molecule has 0 bridgehead atoms. The second-order valence-electron chi connectivity index (χ2n) is 1.000. The second kappa shape index (κ2) is 1.18. The third kappa shape index (κ3) is 0.680. The Kier molecular flexibility index (Phi) is 0.799. The van der Waals surface area contributed by atoms with Gasteiger partial charge < -0.3 is 9.11 Å². The number of hydrogen-bond donors (Lipinski definition) is 2. The molecule has 0 heterocycles. The molecule has 2 nitrogen and oxygen atoms in total. The van der Waals surface area contributed by atoms with Gasteiger partial charge in [0.1, 0.15) is 0 Å². The Bertz CT molecular complexity index is 145. The summed E-state index contributed by atoms with van der Waals surface area (Å²) >= 11 is -1.45. The standard InChI is InChI=1S/C3H4O2S/c4-6(5)3-1-2-3/h1-2,4-5H. The fraction of sp³-hybridized carbons (Fsp3) is 0. The van der Waals surface area contributed by atoms with Gasteiger partial charge in [0.25, 0.3) is 0 Å². The lowest BCUT2D eigenvalue weighted by molar-refractivity contribution is 0.533. The van der Waals surface area contributed by atoms with E-state index in [1.165, 1.54) is 0 Å². The average molecular weight is 104 g/mol. The molecular weight excluding hydrogens is 100 g/mol. The van der Waals surface area contributed by atoms with E-state index in [0.717, 1.165) is 0 Å². The molecule has 0 aliphatic carbocycles. The van der Waals surface area contributed by atoms with Crippen LogP contribution >= 0.6 is 11.0 Å². The third-order valence-electron chi connectivity index (χ3n) is 0.514. The molecule has 0 saturated carbocycles. The maximum Gasteiger partial charge on any atom is 0.0782 e. The predicted octanol–water partition coefficient (Wildman–Crippen LogP) is 1.31. The summed E-state index contributed by atoms with van der Waals surface area (Å²) in [6, 6.07) is 3.34. The molecule has 2 N–H and O–H groups in total. The van der Waals surface area contributed by atoms with E-state index in [2.05, 4.69) is 0 Å². The van der Waals surface area contributed by atoms with Crippen LogP contribution in [0.15, 0.2) is 12.1 Å². The smallest absolute Gasteiger partial charge is 0.0782 e. The van der Waals surface area contributed by atoms with E-state index in [1.54, 1.807) is 12.1 Å². The van der Waals surface area contributed by atoms with Crippen LogP contribution < -0.4 is 0 Å². The van der Waals surface area contributed by atoms with Gasteiger partial charge in [-0.25, -0.2) is 0 Å².